The Kier molecular flexibility index (Phi) is 11.4. The molecule has 290 valence electrons. The summed E-state index contributed by atoms with van der Waals surface area (Å²) in [6.45, 7) is 1.72. The van der Waals surface area contributed by atoms with Crippen LogP contribution in [0.5, 0.6) is 23.0 Å². The summed E-state index contributed by atoms with van der Waals surface area (Å²) >= 11 is 0. The summed E-state index contributed by atoms with van der Waals surface area (Å²) in [7, 11) is 1.43. The SMILES string of the molecule is COc1c(O)c(O)c(CO)c([C@@H]2C[C@H](O)[C@H]3CC[C@H](c4ccc(O)c([C@@H]5C[C@H](C)CC[C@@H]5[C@H](O)CCC5(O)CCCC5)c4)C[C@@H]3O2)c1Cc1cc[nH]c1. The lowest BCUT2D eigenvalue weighted by Crippen LogP contribution is -2.44. The zero-order valence-electron chi connectivity index (χ0n) is 31.2. The van der Waals surface area contributed by atoms with Crippen LogP contribution in [-0.4, -0.2) is 71.8 Å². The molecular weight excluding hydrogens is 674 g/mol. The highest BCUT2D eigenvalue weighted by Crippen LogP contribution is 2.53. The number of benzene rings is 2. The fraction of sp³-hybridized carbons (Fsp3) is 0.628. The molecule has 1 aromatic heterocycles. The Hall–Kier alpha value is -3.28. The van der Waals surface area contributed by atoms with Gasteiger partial charge in [0.25, 0.3) is 0 Å². The molecule has 1 aliphatic heterocycles. The van der Waals surface area contributed by atoms with Crippen molar-refractivity contribution < 1.29 is 45.2 Å². The number of H-pyrrole nitrogens is 1. The van der Waals surface area contributed by atoms with Gasteiger partial charge in [-0.15, -0.1) is 0 Å². The van der Waals surface area contributed by atoms with E-state index >= 15 is 0 Å². The summed E-state index contributed by atoms with van der Waals surface area (Å²) in [4.78, 5) is 3.05. The molecule has 3 aliphatic carbocycles. The van der Waals surface area contributed by atoms with Crippen molar-refractivity contribution in [1.29, 1.82) is 0 Å². The first-order valence-corrected chi connectivity index (χ1v) is 19.9. The number of aromatic nitrogens is 1. The number of aliphatic hydroxyl groups is 4. The van der Waals surface area contributed by atoms with Gasteiger partial charge in [-0.25, -0.2) is 0 Å². The minimum absolute atomic E-state index is 0.00516. The van der Waals surface area contributed by atoms with Gasteiger partial charge in [0.15, 0.2) is 11.5 Å². The van der Waals surface area contributed by atoms with E-state index < -0.39 is 42.0 Å². The number of methoxy groups -OCH3 is 1. The van der Waals surface area contributed by atoms with Gasteiger partial charge >= 0.3 is 0 Å². The molecule has 0 bridgehead atoms. The Balaban J connectivity index is 1.14. The van der Waals surface area contributed by atoms with Gasteiger partial charge in [0.05, 0.1) is 43.7 Å². The largest absolute Gasteiger partial charge is 0.508 e. The lowest BCUT2D eigenvalue weighted by molar-refractivity contribution is -0.154. The third kappa shape index (κ3) is 7.67. The highest BCUT2D eigenvalue weighted by atomic mass is 16.5. The molecule has 4 fully saturated rings. The number of hydrogen-bond donors (Lipinski definition) is 8. The second kappa shape index (κ2) is 15.8. The molecule has 2 heterocycles. The quantitative estimate of drug-likeness (QED) is 0.0969. The molecule has 53 heavy (non-hydrogen) atoms. The lowest BCUT2D eigenvalue weighted by Gasteiger charge is -2.46. The van der Waals surface area contributed by atoms with Crippen LogP contribution in [0.15, 0.2) is 36.7 Å². The monoisotopic (exact) mass is 733 g/mol. The molecule has 3 saturated carbocycles. The number of fused-ring (bicyclic) bond motifs is 1. The highest BCUT2D eigenvalue weighted by molar-refractivity contribution is 5.64. The maximum absolute atomic E-state index is 11.6. The van der Waals surface area contributed by atoms with Crippen molar-refractivity contribution in [1.82, 2.24) is 4.98 Å². The lowest BCUT2D eigenvalue weighted by atomic mass is 9.67. The van der Waals surface area contributed by atoms with Crippen LogP contribution < -0.4 is 4.74 Å². The molecule has 0 unspecified atom stereocenters. The Labute approximate surface area is 312 Å². The van der Waals surface area contributed by atoms with Crippen LogP contribution >= 0.6 is 0 Å². The second-order valence-electron chi connectivity index (χ2n) is 16.8. The summed E-state index contributed by atoms with van der Waals surface area (Å²) in [5, 5.41) is 77.8. The molecule has 4 aliphatic rings. The van der Waals surface area contributed by atoms with Gasteiger partial charge in [-0.05, 0) is 116 Å². The van der Waals surface area contributed by atoms with Crippen LogP contribution in [0.3, 0.4) is 0 Å². The van der Waals surface area contributed by atoms with Crippen molar-refractivity contribution in [2.75, 3.05) is 7.11 Å². The molecule has 9 atom stereocenters. The third-order valence-electron chi connectivity index (χ3n) is 13.5. The topological polar surface area (TPSA) is 176 Å². The third-order valence-corrected chi connectivity index (χ3v) is 13.5. The summed E-state index contributed by atoms with van der Waals surface area (Å²) in [6, 6.07) is 7.85. The highest BCUT2D eigenvalue weighted by Gasteiger charge is 2.45. The predicted molar refractivity (Wildman–Crippen MR) is 200 cm³/mol. The minimum Gasteiger partial charge on any atom is -0.508 e. The Morgan fingerprint density at radius 2 is 1.77 bits per heavy atom. The summed E-state index contributed by atoms with van der Waals surface area (Å²) < 4.78 is 12.5. The number of hydrogen-bond acceptors (Lipinski definition) is 9. The van der Waals surface area contributed by atoms with Crippen LogP contribution in [0.4, 0.5) is 0 Å². The molecule has 0 spiro atoms. The Morgan fingerprint density at radius 1 is 0.981 bits per heavy atom. The molecule has 2 aromatic carbocycles. The first-order chi connectivity index (χ1) is 25.5. The van der Waals surface area contributed by atoms with E-state index in [1.807, 2.05) is 18.3 Å². The number of aliphatic hydroxyl groups excluding tert-OH is 3. The number of aromatic hydroxyl groups is 3. The van der Waals surface area contributed by atoms with Gasteiger partial charge in [0.1, 0.15) is 5.75 Å². The van der Waals surface area contributed by atoms with Gasteiger partial charge in [-0.2, -0.15) is 0 Å². The molecule has 0 radical (unpaired) electrons. The average molecular weight is 734 g/mol. The van der Waals surface area contributed by atoms with Crippen molar-refractivity contribution in [3.05, 3.63) is 70.0 Å². The first-order valence-electron chi connectivity index (χ1n) is 19.9. The molecule has 10 heteroatoms. The van der Waals surface area contributed by atoms with E-state index in [0.717, 1.165) is 74.5 Å². The molecule has 7 rings (SSSR count). The van der Waals surface area contributed by atoms with E-state index in [1.54, 1.807) is 12.3 Å². The van der Waals surface area contributed by atoms with Gasteiger partial charge in [0.2, 0.25) is 5.75 Å². The van der Waals surface area contributed by atoms with Crippen molar-refractivity contribution in [3.63, 3.8) is 0 Å². The molecule has 0 amide bonds. The van der Waals surface area contributed by atoms with Crippen LogP contribution in [0.2, 0.25) is 0 Å². The number of phenols is 3. The molecule has 10 nitrogen and oxygen atoms in total. The van der Waals surface area contributed by atoms with Crippen LogP contribution in [0, 0.1) is 17.8 Å². The number of aromatic amines is 1. The smallest absolute Gasteiger partial charge is 0.201 e. The Morgan fingerprint density at radius 3 is 2.49 bits per heavy atom. The Bertz CT molecular complexity index is 1700. The van der Waals surface area contributed by atoms with Crippen LogP contribution in [-0.2, 0) is 17.8 Å². The minimum atomic E-state index is -0.670. The summed E-state index contributed by atoms with van der Waals surface area (Å²) in [5.41, 5.74) is 3.53. The predicted octanol–water partition coefficient (Wildman–Crippen LogP) is 6.96. The van der Waals surface area contributed by atoms with Crippen LogP contribution in [0.1, 0.15) is 142 Å². The number of ether oxygens (including phenoxy) is 2. The van der Waals surface area contributed by atoms with Crippen molar-refractivity contribution in [3.8, 4) is 23.0 Å². The standard InChI is InChI=1S/C43H59NO9/c1-24-5-8-28(35(47)11-15-43(51)13-3-4-14-43)30(17-24)31-19-26(7-10-34(31)46)27-6-9-29-36(48)21-38(53-37(29)20-27)39-32(18-25-12-16-44-22-25)42(52-2)41(50)40(49)33(39)23-45/h7,10,12,16,19,22,24,27-30,35-38,44-51H,3-6,8-9,11,13-15,17-18,20-21,23H2,1-2H3/t24-,27+,28+,29-,30-,35-,36+,37+,38+/m1/s1. The molecule has 8 N–H and O–H groups in total. The van der Waals surface area contributed by atoms with Crippen molar-refractivity contribution in [2.24, 2.45) is 17.8 Å². The summed E-state index contributed by atoms with van der Waals surface area (Å²) in [6.07, 6.45) is 12.0. The van der Waals surface area contributed by atoms with E-state index in [4.69, 9.17) is 9.47 Å². The second-order valence-corrected chi connectivity index (χ2v) is 16.8. The van der Waals surface area contributed by atoms with Crippen molar-refractivity contribution in [2.45, 2.75) is 145 Å². The fourth-order valence-electron chi connectivity index (χ4n) is 10.6. The molecule has 3 aromatic rings. The van der Waals surface area contributed by atoms with E-state index in [2.05, 4.69) is 18.0 Å². The summed E-state index contributed by atoms with van der Waals surface area (Å²) in [5.74, 6) is -0.000970. The van der Waals surface area contributed by atoms with Gasteiger partial charge in [-0.1, -0.05) is 38.3 Å². The van der Waals surface area contributed by atoms with E-state index in [-0.39, 0.29) is 53.3 Å². The zero-order chi connectivity index (χ0) is 37.4. The average Bonchev–Trinajstić information content (AvgIpc) is 3.84. The van der Waals surface area contributed by atoms with Gasteiger partial charge < -0.3 is 50.2 Å². The first kappa shape index (κ1) is 38.0. The van der Waals surface area contributed by atoms with E-state index in [9.17, 15) is 35.7 Å². The maximum atomic E-state index is 11.6. The van der Waals surface area contributed by atoms with E-state index in [1.165, 1.54) is 7.11 Å². The number of phenolic OH excluding ortho intramolecular Hbond substituents is 2. The van der Waals surface area contributed by atoms with E-state index in [0.29, 0.717) is 42.7 Å². The maximum Gasteiger partial charge on any atom is 0.201 e. The normalized spacial score (nSPS) is 30.5. The van der Waals surface area contributed by atoms with Crippen LogP contribution in [0.25, 0.3) is 0 Å². The number of nitrogens with one attached hydrogen (secondary N) is 1. The van der Waals surface area contributed by atoms with Gasteiger partial charge in [0, 0.05) is 42.3 Å². The van der Waals surface area contributed by atoms with Crippen molar-refractivity contribution >= 4 is 0 Å². The molecule has 1 saturated heterocycles. The molecular formula is C43H59NO9. The van der Waals surface area contributed by atoms with Gasteiger partial charge in [-0.3, -0.25) is 0 Å². The zero-order valence-corrected chi connectivity index (χ0v) is 31.2. The number of rotatable bonds is 11. The fourth-order valence-corrected chi connectivity index (χ4v) is 10.6.